The number of likely N-dealkylation sites (N-methyl/N-ethyl adjacent to an activating group) is 1. The number of nitrogens with zero attached hydrogens (tertiary/aromatic N) is 1. The van der Waals surface area contributed by atoms with E-state index in [2.05, 4.69) is 21.1 Å². The molecule has 0 saturated carbocycles. The zero-order valence-corrected chi connectivity index (χ0v) is 10.9. The second kappa shape index (κ2) is 7.04. The molecule has 0 amide bonds. The molecule has 0 fully saturated rings. The van der Waals surface area contributed by atoms with E-state index in [9.17, 15) is 9.90 Å². The van der Waals surface area contributed by atoms with Crippen molar-refractivity contribution in [1.82, 2.24) is 0 Å². The van der Waals surface area contributed by atoms with E-state index in [0.29, 0.717) is 0 Å². The summed E-state index contributed by atoms with van der Waals surface area (Å²) in [6.45, 7) is 2.63. The van der Waals surface area contributed by atoms with Crippen LogP contribution in [0.15, 0.2) is 30.3 Å². The van der Waals surface area contributed by atoms with Crippen molar-refractivity contribution in [3.63, 3.8) is 0 Å². The van der Waals surface area contributed by atoms with Crippen LogP contribution in [0.5, 0.6) is 0 Å². The Morgan fingerprint density at radius 3 is 1.94 bits per heavy atom. The molecule has 1 N–H and O–H groups in total. The van der Waals surface area contributed by atoms with E-state index in [1.807, 2.05) is 6.92 Å². The van der Waals surface area contributed by atoms with Gasteiger partial charge in [-0.2, -0.15) is 0 Å². The molecule has 0 aliphatic rings. The number of benzene rings is 1. The zero-order chi connectivity index (χ0) is 13.5. The normalized spacial score (nSPS) is 12.3. The first-order valence-electron chi connectivity index (χ1n) is 5.47. The Hall–Kier alpha value is -1.39. The molecule has 4 nitrogen and oxygen atoms in total. The fourth-order valence-corrected chi connectivity index (χ4v) is 1.37. The number of hydrogen-bond donors (Lipinski definition) is 1. The average Bonchev–Trinajstić information content (AvgIpc) is 2.16. The zero-order valence-electron chi connectivity index (χ0n) is 10.9. The van der Waals surface area contributed by atoms with Gasteiger partial charge in [0.05, 0.1) is 27.1 Å². The van der Waals surface area contributed by atoms with Gasteiger partial charge >= 0.3 is 0 Å². The lowest BCUT2D eigenvalue weighted by atomic mass is 10.2. The van der Waals surface area contributed by atoms with E-state index in [-0.39, 0.29) is 11.7 Å². The van der Waals surface area contributed by atoms with Gasteiger partial charge in [0.15, 0.2) is 0 Å². The quantitative estimate of drug-likeness (QED) is 0.762. The number of hydrogen-bond acceptors (Lipinski definition) is 3. The molecule has 17 heavy (non-hydrogen) atoms. The van der Waals surface area contributed by atoms with Crippen LogP contribution in [-0.4, -0.2) is 49.4 Å². The van der Waals surface area contributed by atoms with Crippen LogP contribution in [0.2, 0.25) is 0 Å². The second-order valence-corrected chi connectivity index (χ2v) is 4.98. The minimum absolute atomic E-state index is 0.185. The highest BCUT2D eigenvalue weighted by Gasteiger charge is 2.09. The molecule has 0 aliphatic heterocycles. The number of rotatable bonds is 3. The van der Waals surface area contributed by atoms with E-state index >= 15 is 0 Å². The monoisotopic (exact) mass is 239 g/mol. The maximum absolute atomic E-state index is 10.1. The lowest BCUT2D eigenvalue weighted by Crippen LogP contribution is -2.40. The molecule has 1 unspecified atom stereocenters. The molecule has 1 rings (SSSR count). The first-order valence-corrected chi connectivity index (χ1v) is 5.47. The molecule has 0 heterocycles. The highest BCUT2D eigenvalue weighted by Crippen LogP contribution is 1.94. The number of aromatic carboxylic acids is 1. The maximum Gasteiger partial charge on any atom is 0.104 e. The van der Waals surface area contributed by atoms with Gasteiger partial charge in [0.2, 0.25) is 0 Å². The standard InChI is InChI=1S/C7H6O2.C6H16NO/c8-7(9)6-4-2-1-3-5-6;1-6(8)5-7(2,3)4/h1-5H,(H,8,9);6,8H,5H2,1-4H3/q;+1/p-1. The van der Waals surface area contributed by atoms with Crippen molar-refractivity contribution in [3.8, 4) is 0 Å². The summed E-state index contributed by atoms with van der Waals surface area (Å²) in [4.78, 5) is 10.1. The highest BCUT2D eigenvalue weighted by molar-refractivity contribution is 5.85. The summed E-state index contributed by atoms with van der Waals surface area (Å²) in [6.07, 6.45) is -0.185. The van der Waals surface area contributed by atoms with Crippen LogP contribution in [0.1, 0.15) is 17.3 Å². The number of carbonyl (C=O) groups excluding carboxylic acids is 1. The van der Waals surface area contributed by atoms with Gasteiger partial charge in [-0.05, 0) is 12.5 Å². The molecule has 0 radical (unpaired) electrons. The van der Waals surface area contributed by atoms with E-state index in [0.717, 1.165) is 11.0 Å². The van der Waals surface area contributed by atoms with Gasteiger partial charge in [-0.3, -0.25) is 0 Å². The Morgan fingerprint density at radius 2 is 1.76 bits per heavy atom. The number of aliphatic hydroxyl groups is 1. The molecule has 4 heteroatoms. The summed E-state index contributed by atoms with van der Waals surface area (Å²) in [5, 5.41) is 19.0. The Labute approximate surface area is 103 Å². The lowest BCUT2D eigenvalue weighted by molar-refractivity contribution is -0.873. The van der Waals surface area contributed by atoms with Gasteiger partial charge in [0, 0.05) is 0 Å². The Morgan fingerprint density at radius 1 is 1.29 bits per heavy atom. The van der Waals surface area contributed by atoms with Crippen LogP contribution in [0.4, 0.5) is 0 Å². The number of carboxylic acids is 1. The molecule has 0 bridgehead atoms. The average molecular weight is 239 g/mol. The summed E-state index contributed by atoms with van der Waals surface area (Å²) in [5.41, 5.74) is 0.220. The number of aliphatic hydroxyl groups excluding tert-OH is 1. The minimum atomic E-state index is -1.13. The molecule has 0 aliphatic carbocycles. The van der Waals surface area contributed by atoms with E-state index in [4.69, 9.17) is 5.11 Å². The molecular weight excluding hydrogens is 218 g/mol. The van der Waals surface area contributed by atoms with Crippen LogP contribution in [-0.2, 0) is 0 Å². The van der Waals surface area contributed by atoms with E-state index in [1.54, 1.807) is 18.2 Å². The first-order chi connectivity index (χ1) is 7.72. The molecule has 0 saturated heterocycles. The van der Waals surface area contributed by atoms with Crippen LogP contribution < -0.4 is 5.11 Å². The van der Waals surface area contributed by atoms with Crippen molar-refractivity contribution >= 4 is 5.97 Å². The Kier molecular flexibility index (Phi) is 6.46. The third-order valence-corrected chi connectivity index (χ3v) is 1.82. The smallest absolute Gasteiger partial charge is 0.104 e. The van der Waals surface area contributed by atoms with E-state index in [1.165, 1.54) is 12.1 Å². The van der Waals surface area contributed by atoms with Crippen molar-refractivity contribution in [3.05, 3.63) is 35.9 Å². The van der Waals surface area contributed by atoms with Crippen molar-refractivity contribution in [2.45, 2.75) is 13.0 Å². The fraction of sp³-hybridized carbons (Fsp3) is 0.462. The molecular formula is C13H21NO3. The van der Waals surface area contributed by atoms with Crippen LogP contribution >= 0.6 is 0 Å². The van der Waals surface area contributed by atoms with Gasteiger partial charge in [-0.1, -0.05) is 30.3 Å². The predicted molar refractivity (Wildman–Crippen MR) is 65.4 cm³/mol. The van der Waals surface area contributed by atoms with Gasteiger partial charge in [0.25, 0.3) is 0 Å². The first kappa shape index (κ1) is 15.6. The predicted octanol–water partition coefficient (Wildman–Crippen LogP) is 0.124. The minimum Gasteiger partial charge on any atom is -0.545 e. The van der Waals surface area contributed by atoms with Crippen molar-refractivity contribution in [1.29, 1.82) is 0 Å². The van der Waals surface area contributed by atoms with Gasteiger partial charge in [0.1, 0.15) is 12.6 Å². The lowest BCUT2D eigenvalue weighted by Gasteiger charge is -2.24. The molecule has 0 spiro atoms. The summed E-state index contributed by atoms with van der Waals surface area (Å²) in [6, 6.07) is 8.06. The number of carbonyl (C=O) groups is 1. The molecule has 96 valence electrons. The van der Waals surface area contributed by atoms with Crippen LogP contribution in [0.25, 0.3) is 0 Å². The number of carboxylic acid groups (broad SMARTS) is 1. The van der Waals surface area contributed by atoms with E-state index < -0.39 is 5.97 Å². The van der Waals surface area contributed by atoms with Crippen molar-refractivity contribution < 1.29 is 19.5 Å². The molecule has 1 aromatic rings. The molecule has 1 aromatic carbocycles. The number of quaternary nitrogens is 1. The topological polar surface area (TPSA) is 60.4 Å². The van der Waals surface area contributed by atoms with Crippen molar-refractivity contribution in [2.75, 3.05) is 27.7 Å². The molecule has 0 aromatic heterocycles. The highest BCUT2D eigenvalue weighted by atomic mass is 16.4. The fourth-order valence-electron chi connectivity index (χ4n) is 1.37. The third kappa shape index (κ3) is 9.53. The van der Waals surface area contributed by atoms with Crippen LogP contribution in [0, 0.1) is 0 Å². The summed E-state index contributed by atoms with van der Waals surface area (Å²) in [7, 11) is 6.19. The summed E-state index contributed by atoms with van der Waals surface area (Å²) >= 11 is 0. The largest absolute Gasteiger partial charge is 0.545 e. The van der Waals surface area contributed by atoms with Gasteiger partial charge in [-0.15, -0.1) is 0 Å². The summed E-state index contributed by atoms with van der Waals surface area (Å²) < 4.78 is 0.831. The summed E-state index contributed by atoms with van der Waals surface area (Å²) in [5.74, 6) is -1.13. The van der Waals surface area contributed by atoms with Gasteiger partial charge in [-0.25, -0.2) is 0 Å². The van der Waals surface area contributed by atoms with Crippen LogP contribution in [0.3, 0.4) is 0 Å². The van der Waals surface area contributed by atoms with Gasteiger partial charge < -0.3 is 19.5 Å². The Bertz CT molecular complexity index is 328. The maximum atomic E-state index is 10.1. The molecule has 1 atom stereocenters. The third-order valence-electron chi connectivity index (χ3n) is 1.82. The SMILES string of the molecule is CC(O)C[N+](C)(C)C.O=C([O-])c1ccccc1. The van der Waals surface area contributed by atoms with Crippen molar-refractivity contribution in [2.24, 2.45) is 0 Å². The Balaban J connectivity index is 0.000000304. The second-order valence-electron chi connectivity index (χ2n) is 4.98.